The number of halogens is 1. The molecular weight excluding hydrogens is 224 g/mol. The first kappa shape index (κ1) is 14.5. The number of carbonyl (C=O) groups is 1. The summed E-state index contributed by atoms with van der Waals surface area (Å²) in [7, 11) is 0. The van der Waals surface area contributed by atoms with E-state index in [1.165, 1.54) is 11.6 Å². The molecule has 0 atom stereocenters. The van der Waals surface area contributed by atoms with Gasteiger partial charge in [-0.2, -0.15) is 0 Å². The van der Waals surface area contributed by atoms with E-state index in [2.05, 4.69) is 11.8 Å². The highest BCUT2D eigenvalue weighted by Crippen LogP contribution is 2.03. The first-order valence-electron chi connectivity index (χ1n) is 4.90. The molecule has 16 heavy (non-hydrogen) atoms. The summed E-state index contributed by atoms with van der Waals surface area (Å²) >= 11 is 5.30. The minimum absolute atomic E-state index is 0.302. The maximum Gasteiger partial charge on any atom is 0.333 e. The van der Waals surface area contributed by atoms with Gasteiger partial charge in [0.25, 0.3) is 0 Å². The Hall–Kier alpha value is -1.46. The van der Waals surface area contributed by atoms with Crippen molar-refractivity contribution in [1.82, 2.24) is 0 Å². The Kier molecular flexibility index (Phi) is 8.01. The standard InChI is InChI=1S/C13H15ClO2/c1-4-16-13(15)12(3)10-11(2)8-6-5-7-9-14/h7-10H,4H2,1-3H3/b9-7-,11-8+,12-10+. The molecule has 0 saturated carbocycles. The number of ether oxygens (including phenoxy) is 1. The summed E-state index contributed by atoms with van der Waals surface area (Å²) in [4.78, 5) is 11.3. The summed E-state index contributed by atoms with van der Waals surface area (Å²) in [6, 6.07) is 0. The highest BCUT2D eigenvalue weighted by atomic mass is 35.5. The average Bonchev–Trinajstić information content (AvgIpc) is 2.24. The zero-order valence-corrected chi connectivity index (χ0v) is 10.5. The van der Waals surface area contributed by atoms with Gasteiger partial charge in [-0.25, -0.2) is 4.79 Å². The highest BCUT2D eigenvalue weighted by molar-refractivity contribution is 6.25. The summed E-state index contributed by atoms with van der Waals surface area (Å²) in [6.07, 6.45) is 4.98. The van der Waals surface area contributed by atoms with Crippen LogP contribution in [0.4, 0.5) is 0 Å². The molecule has 0 amide bonds. The molecule has 2 nitrogen and oxygen atoms in total. The topological polar surface area (TPSA) is 26.3 Å². The second-order valence-electron chi connectivity index (χ2n) is 3.02. The molecule has 0 rings (SSSR count). The lowest BCUT2D eigenvalue weighted by molar-refractivity contribution is -0.138. The molecule has 0 unspecified atom stereocenters. The Bertz CT molecular complexity index is 378. The minimum Gasteiger partial charge on any atom is -0.463 e. The molecule has 0 aromatic carbocycles. The molecule has 0 aromatic rings. The monoisotopic (exact) mass is 238 g/mol. The molecule has 0 heterocycles. The van der Waals surface area contributed by atoms with Crippen molar-refractivity contribution in [3.63, 3.8) is 0 Å². The maximum atomic E-state index is 11.3. The van der Waals surface area contributed by atoms with Crippen LogP contribution in [-0.4, -0.2) is 12.6 Å². The van der Waals surface area contributed by atoms with Gasteiger partial charge >= 0.3 is 5.97 Å². The van der Waals surface area contributed by atoms with Gasteiger partial charge in [-0.1, -0.05) is 23.4 Å². The first-order chi connectivity index (χ1) is 7.61. The van der Waals surface area contributed by atoms with E-state index < -0.39 is 0 Å². The molecule has 0 radical (unpaired) electrons. The number of hydrogen-bond donors (Lipinski definition) is 0. The zero-order chi connectivity index (χ0) is 12.4. The molecule has 0 bridgehead atoms. The van der Waals surface area contributed by atoms with Crippen molar-refractivity contribution < 1.29 is 9.53 Å². The van der Waals surface area contributed by atoms with E-state index in [0.717, 1.165) is 5.57 Å². The van der Waals surface area contributed by atoms with Crippen molar-refractivity contribution in [2.24, 2.45) is 0 Å². The van der Waals surface area contributed by atoms with Crippen molar-refractivity contribution in [1.29, 1.82) is 0 Å². The van der Waals surface area contributed by atoms with Gasteiger partial charge < -0.3 is 4.74 Å². The fraction of sp³-hybridized carbons (Fsp3) is 0.308. The molecule has 86 valence electrons. The van der Waals surface area contributed by atoms with Crippen LogP contribution in [0.5, 0.6) is 0 Å². The van der Waals surface area contributed by atoms with Crippen LogP contribution in [0, 0.1) is 11.8 Å². The third kappa shape index (κ3) is 6.92. The second-order valence-corrected chi connectivity index (χ2v) is 3.27. The number of carbonyl (C=O) groups excluding carboxylic acids is 1. The molecule has 0 saturated heterocycles. The van der Waals surface area contributed by atoms with E-state index in [9.17, 15) is 4.79 Å². The highest BCUT2D eigenvalue weighted by Gasteiger charge is 2.03. The molecule has 0 aromatic heterocycles. The van der Waals surface area contributed by atoms with Crippen LogP contribution in [0.1, 0.15) is 20.8 Å². The summed E-state index contributed by atoms with van der Waals surface area (Å²) in [5.41, 5.74) is 2.79. The number of allylic oxidation sites excluding steroid dienone is 4. The zero-order valence-electron chi connectivity index (χ0n) is 9.71. The van der Waals surface area contributed by atoms with Gasteiger partial charge in [0.15, 0.2) is 0 Å². The predicted octanol–water partition coefficient (Wildman–Crippen LogP) is 3.20. The van der Waals surface area contributed by atoms with Crippen molar-refractivity contribution in [2.75, 3.05) is 6.61 Å². The number of hydrogen-bond acceptors (Lipinski definition) is 2. The summed E-state index contributed by atoms with van der Waals surface area (Å²) in [5, 5.41) is 0. The van der Waals surface area contributed by atoms with Gasteiger partial charge in [0.05, 0.1) is 6.61 Å². The lowest BCUT2D eigenvalue weighted by Gasteiger charge is -2.00. The number of rotatable bonds is 3. The summed E-state index contributed by atoms with van der Waals surface area (Å²) in [6.45, 7) is 5.73. The Labute approximate surface area is 102 Å². The van der Waals surface area contributed by atoms with Gasteiger partial charge in [-0.05, 0) is 44.6 Å². The van der Waals surface area contributed by atoms with Crippen LogP contribution >= 0.6 is 11.6 Å². The first-order valence-corrected chi connectivity index (χ1v) is 5.34. The predicted molar refractivity (Wildman–Crippen MR) is 66.9 cm³/mol. The van der Waals surface area contributed by atoms with E-state index in [1.807, 2.05) is 6.92 Å². The van der Waals surface area contributed by atoms with E-state index >= 15 is 0 Å². The van der Waals surface area contributed by atoms with Crippen molar-refractivity contribution in [3.8, 4) is 11.8 Å². The van der Waals surface area contributed by atoms with Crippen molar-refractivity contribution in [3.05, 3.63) is 34.9 Å². The molecule has 3 heteroatoms. The van der Waals surface area contributed by atoms with Gasteiger partial charge in [0, 0.05) is 11.1 Å². The van der Waals surface area contributed by atoms with Crippen molar-refractivity contribution in [2.45, 2.75) is 20.8 Å². The molecule has 0 spiro atoms. The van der Waals surface area contributed by atoms with Gasteiger partial charge in [0.1, 0.15) is 0 Å². The van der Waals surface area contributed by atoms with Gasteiger partial charge in [-0.3, -0.25) is 0 Å². The third-order valence-electron chi connectivity index (χ3n) is 1.57. The van der Waals surface area contributed by atoms with Crippen LogP contribution in [0.3, 0.4) is 0 Å². The van der Waals surface area contributed by atoms with Crippen LogP contribution in [0.2, 0.25) is 0 Å². The molecular formula is C13H15ClO2. The normalized spacial score (nSPS) is 12.2. The number of esters is 1. The lowest BCUT2D eigenvalue weighted by atomic mass is 10.2. The molecule has 0 N–H and O–H groups in total. The molecule has 0 aliphatic heterocycles. The minimum atomic E-state index is -0.302. The van der Waals surface area contributed by atoms with Crippen LogP contribution in [0.25, 0.3) is 0 Å². The lowest BCUT2D eigenvalue weighted by Crippen LogP contribution is -2.05. The SMILES string of the molecule is CCOC(=O)/C(C)=C/C(C)=C/C#C/C=C\Cl. The third-order valence-corrected chi connectivity index (χ3v) is 1.70. The van der Waals surface area contributed by atoms with Crippen LogP contribution in [0.15, 0.2) is 34.9 Å². The Morgan fingerprint density at radius 3 is 2.62 bits per heavy atom. The fourth-order valence-corrected chi connectivity index (χ4v) is 0.985. The smallest absolute Gasteiger partial charge is 0.333 e. The Morgan fingerprint density at radius 1 is 1.38 bits per heavy atom. The van der Waals surface area contributed by atoms with E-state index in [4.69, 9.17) is 16.3 Å². The molecule has 0 aliphatic carbocycles. The molecule has 0 aliphatic rings. The van der Waals surface area contributed by atoms with Gasteiger partial charge in [-0.15, -0.1) is 0 Å². The van der Waals surface area contributed by atoms with E-state index in [1.54, 1.807) is 26.0 Å². The summed E-state index contributed by atoms with van der Waals surface area (Å²) in [5.74, 6) is 5.19. The average molecular weight is 239 g/mol. The quantitative estimate of drug-likeness (QED) is 0.327. The van der Waals surface area contributed by atoms with Crippen LogP contribution in [-0.2, 0) is 9.53 Å². The largest absolute Gasteiger partial charge is 0.463 e. The van der Waals surface area contributed by atoms with E-state index in [0.29, 0.717) is 12.2 Å². The fourth-order valence-electron chi connectivity index (χ4n) is 0.922. The Balaban J connectivity index is 4.53. The van der Waals surface area contributed by atoms with Gasteiger partial charge in [0.2, 0.25) is 0 Å². The summed E-state index contributed by atoms with van der Waals surface area (Å²) < 4.78 is 4.85. The van der Waals surface area contributed by atoms with Crippen LogP contribution < -0.4 is 0 Å². The van der Waals surface area contributed by atoms with E-state index in [-0.39, 0.29) is 5.97 Å². The molecule has 0 fully saturated rings. The van der Waals surface area contributed by atoms with Crippen molar-refractivity contribution >= 4 is 17.6 Å². The second kappa shape index (κ2) is 8.82. The maximum absolute atomic E-state index is 11.3. The Morgan fingerprint density at radius 2 is 2.06 bits per heavy atom.